The highest BCUT2D eigenvalue weighted by Crippen LogP contribution is 2.41. The molecule has 11 rings (SSSR count). The van der Waals surface area contributed by atoms with Gasteiger partial charge in [0.15, 0.2) is 11.6 Å². The number of ether oxygens (including phenoxy) is 2. The van der Waals surface area contributed by atoms with Crippen molar-refractivity contribution in [2.24, 2.45) is 0 Å². The molecule has 0 saturated carbocycles. The van der Waals surface area contributed by atoms with Crippen LogP contribution < -0.4 is 26.0 Å². The molecule has 2 amide bonds. The van der Waals surface area contributed by atoms with E-state index in [9.17, 15) is 14.7 Å². The van der Waals surface area contributed by atoms with Crippen LogP contribution in [0.1, 0.15) is 32.1 Å². The van der Waals surface area contributed by atoms with Gasteiger partial charge < -0.3 is 35.8 Å². The normalized spacial score (nSPS) is 13.1. The number of benzene rings is 4. The fraction of sp³-hybridized carbons (Fsp3) is 0.193. The van der Waals surface area contributed by atoms with E-state index in [1.54, 1.807) is 42.7 Å². The Morgan fingerprint density at radius 1 is 0.662 bits per heavy atom. The first-order chi connectivity index (χ1) is 37.7. The molecule has 6 aromatic heterocycles. The maximum absolute atomic E-state index is 14.6. The number of thiazole rings is 2. The maximum atomic E-state index is 14.6. The zero-order valence-corrected chi connectivity index (χ0v) is 43.6. The van der Waals surface area contributed by atoms with Crippen molar-refractivity contribution in [2.75, 3.05) is 73.9 Å². The van der Waals surface area contributed by atoms with Gasteiger partial charge in [0.05, 0.1) is 42.8 Å². The summed E-state index contributed by atoms with van der Waals surface area (Å²) in [5, 5.41) is 25.1. The quantitative estimate of drug-likeness (QED) is 0.0539. The van der Waals surface area contributed by atoms with Crippen LogP contribution in [-0.2, 0) is 4.74 Å². The van der Waals surface area contributed by atoms with Crippen molar-refractivity contribution in [3.8, 4) is 49.7 Å². The SMILES string of the molecule is Cc1cccc(-c2nc(NC(CO)COc3cccc(NC(=O)c4cc(NCCN5CCOCC5)nc(-c5cccc(C)c5)n4)c3-c3nc4cccnc4s3)cc(C(=O)Nc3ccccc3-c3nc4cccnc4s3)n2)c1. The van der Waals surface area contributed by atoms with Crippen molar-refractivity contribution in [1.29, 1.82) is 0 Å². The van der Waals surface area contributed by atoms with Crippen LogP contribution in [0.4, 0.5) is 23.0 Å². The molecule has 0 radical (unpaired) electrons. The summed E-state index contributed by atoms with van der Waals surface area (Å²) in [6.07, 6.45) is 3.43. The lowest BCUT2D eigenvalue weighted by Gasteiger charge is -2.26. The number of anilines is 4. The van der Waals surface area contributed by atoms with E-state index in [0.717, 1.165) is 52.2 Å². The van der Waals surface area contributed by atoms with E-state index in [2.05, 4.69) is 36.1 Å². The number of aliphatic hydroxyl groups is 1. The van der Waals surface area contributed by atoms with Gasteiger partial charge in [0.25, 0.3) is 11.8 Å². The number of nitrogens with zero attached hydrogens (tertiary/aromatic N) is 9. The highest BCUT2D eigenvalue weighted by atomic mass is 32.1. The molecule has 1 fully saturated rings. The van der Waals surface area contributed by atoms with Crippen molar-refractivity contribution in [2.45, 2.75) is 19.9 Å². The highest BCUT2D eigenvalue weighted by molar-refractivity contribution is 7.21. The average Bonchev–Trinajstić information content (AvgIpc) is 4.10. The van der Waals surface area contributed by atoms with Crippen molar-refractivity contribution in [1.82, 2.24) is 44.8 Å². The molecular formula is C57H51N13O5S2. The molecule has 1 aliphatic heterocycles. The van der Waals surface area contributed by atoms with Crippen LogP contribution in [0, 0.1) is 13.8 Å². The Balaban J connectivity index is 0.875. The summed E-state index contributed by atoms with van der Waals surface area (Å²) in [6.45, 7) is 7.97. The summed E-state index contributed by atoms with van der Waals surface area (Å²) < 4.78 is 12.1. The third-order valence-electron chi connectivity index (χ3n) is 12.5. The Labute approximate surface area is 450 Å². The van der Waals surface area contributed by atoms with Crippen molar-refractivity contribution < 1.29 is 24.2 Å². The summed E-state index contributed by atoms with van der Waals surface area (Å²) in [7, 11) is 0. The number of aryl methyl sites for hydroxylation is 2. The first-order valence-electron chi connectivity index (χ1n) is 24.9. The number of carbonyl (C=O) groups is 2. The summed E-state index contributed by atoms with van der Waals surface area (Å²) >= 11 is 2.78. The Morgan fingerprint density at radius 3 is 1.92 bits per heavy atom. The fourth-order valence-electron chi connectivity index (χ4n) is 8.71. The number of aliphatic hydroxyl groups excluding tert-OH is 1. The summed E-state index contributed by atoms with van der Waals surface area (Å²) in [4.78, 5) is 70.6. The number of nitrogens with one attached hydrogen (secondary N) is 4. The number of morpholine rings is 1. The Hall–Kier alpha value is -8.66. The zero-order chi connectivity index (χ0) is 52.7. The van der Waals surface area contributed by atoms with Crippen molar-refractivity contribution >= 4 is 78.2 Å². The second kappa shape index (κ2) is 23.1. The molecule has 1 unspecified atom stereocenters. The molecule has 1 atom stereocenters. The van der Waals surface area contributed by atoms with Gasteiger partial charge in [0.1, 0.15) is 66.1 Å². The van der Waals surface area contributed by atoms with Gasteiger partial charge in [-0.05, 0) is 74.5 Å². The minimum atomic E-state index is -0.752. The smallest absolute Gasteiger partial charge is 0.274 e. The van der Waals surface area contributed by atoms with Crippen LogP contribution in [0.3, 0.4) is 0 Å². The van der Waals surface area contributed by atoms with Crippen molar-refractivity contribution in [3.63, 3.8) is 0 Å². The predicted octanol–water partition coefficient (Wildman–Crippen LogP) is 9.66. The van der Waals surface area contributed by atoms with Crippen molar-refractivity contribution in [3.05, 3.63) is 162 Å². The summed E-state index contributed by atoms with van der Waals surface area (Å²) in [5.74, 6) is 0.909. The average molecular weight is 1060 g/mol. The Morgan fingerprint density at radius 2 is 1.26 bits per heavy atom. The number of carbonyl (C=O) groups excluding carboxylic acids is 2. The van der Waals surface area contributed by atoms with Crippen LogP contribution in [0.2, 0.25) is 0 Å². The number of hydrogen-bond acceptors (Lipinski definition) is 18. The second-order valence-corrected chi connectivity index (χ2v) is 20.2. The second-order valence-electron chi connectivity index (χ2n) is 18.2. The molecule has 20 heteroatoms. The minimum absolute atomic E-state index is 0.0784. The first-order valence-corrected chi connectivity index (χ1v) is 26.6. The van der Waals surface area contributed by atoms with E-state index >= 15 is 0 Å². The van der Waals surface area contributed by atoms with E-state index < -0.39 is 17.9 Å². The van der Waals surface area contributed by atoms with Gasteiger partial charge in [0.2, 0.25) is 0 Å². The number of amides is 2. The third-order valence-corrected chi connectivity index (χ3v) is 14.6. The molecule has 7 heterocycles. The molecule has 0 aliphatic carbocycles. The van der Waals surface area contributed by atoms with Crippen LogP contribution in [0.15, 0.2) is 140 Å². The molecule has 77 heavy (non-hydrogen) atoms. The van der Waals surface area contributed by atoms with Gasteiger partial charge in [0, 0.05) is 67.4 Å². The highest BCUT2D eigenvalue weighted by Gasteiger charge is 2.24. The van der Waals surface area contributed by atoms with Crippen LogP contribution in [-0.4, -0.2) is 120 Å². The minimum Gasteiger partial charge on any atom is -0.491 e. The van der Waals surface area contributed by atoms with Gasteiger partial charge in [-0.3, -0.25) is 14.5 Å². The molecule has 18 nitrogen and oxygen atoms in total. The molecule has 1 aliphatic rings. The predicted molar refractivity (Wildman–Crippen MR) is 302 cm³/mol. The Bertz CT molecular complexity index is 3710. The van der Waals surface area contributed by atoms with E-state index in [-0.39, 0.29) is 30.4 Å². The van der Waals surface area contributed by atoms with Gasteiger partial charge >= 0.3 is 0 Å². The molecular weight excluding hydrogens is 1010 g/mol. The van der Waals surface area contributed by atoms with Gasteiger partial charge in [-0.2, -0.15) is 0 Å². The molecule has 0 bridgehead atoms. The first kappa shape index (κ1) is 50.5. The summed E-state index contributed by atoms with van der Waals surface area (Å²) in [5.41, 5.74) is 7.33. The number of aromatic nitrogens is 8. The molecule has 1 saturated heterocycles. The number of fused-ring (bicyclic) bond motifs is 2. The van der Waals surface area contributed by atoms with E-state index in [1.807, 2.05) is 111 Å². The lowest BCUT2D eigenvalue weighted by atomic mass is 10.1. The largest absolute Gasteiger partial charge is 0.491 e. The Kier molecular flexibility index (Phi) is 15.1. The molecule has 5 N–H and O–H groups in total. The van der Waals surface area contributed by atoms with E-state index in [4.69, 9.17) is 39.4 Å². The lowest BCUT2D eigenvalue weighted by Crippen LogP contribution is -2.39. The lowest BCUT2D eigenvalue weighted by molar-refractivity contribution is 0.0398. The number of pyridine rings is 2. The molecule has 0 spiro atoms. The third kappa shape index (κ3) is 11.9. The van der Waals surface area contributed by atoms with Gasteiger partial charge in [-0.25, -0.2) is 39.9 Å². The maximum Gasteiger partial charge on any atom is 0.274 e. The van der Waals surface area contributed by atoms with Crippen LogP contribution in [0.5, 0.6) is 5.75 Å². The van der Waals surface area contributed by atoms with Crippen LogP contribution >= 0.6 is 22.7 Å². The zero-order valence-electron chi connectivity index (χ0n) is 41.9. The molecule has 4 aromatic carbocycles. The number of hydrogen-bond donors (Lipinski definition) is 5. The van der Waals surface area contributed by atoms with E-state index in [1.165, 1.54) is 22.7 Å². The molecule has 386 valence electrons. The molecule has 10 aromatic rings. The number of para-hydroxylation sites is 1. The van der Waals surface area contributed by atoms with Gasteiger partial charge in [-0.15, -0.1) is 0 Å². The summed E-state index contributed by atoms with van der Waals surface area (Å²) in [6, 6.07) is 38.2. The topological polar surface area (TPSA) is 227 Å². The van der Waals surface area contributed by atoms with E-state index in [0.29, 0.717) is 85.8 Å². The number of rotatable bonds is 18. The monoisotopic (exact) mass is 1060 g/mol. The standard InChI is InChI=1S/C57H51N13O5S2/c1-34-10-5-12-36(28-34)50-62-44(30-47(68-50)58-22-23-70-24-26-74-27-25-70)53(73)65-41-16-7-19-46(49(41)57-67-43-18-9-21-60-56(43)77-57)75-33-38(32-71)61-48-31-45(63-51(69-48)37-13-6-11-35(2)29-37)52(72)64-40-15-4-3-14-39(40)54-66-42-17-8-20-59-55(42)76-54/h3-21,28-31,38,71H,22-27,32-33H2,1-2H3,(H,64,72)(H,65,73)(H,58,62,68)(H,61,63,69). The van der Waals surface area contributed by atoms with Crippen LogP contribution in [0.25, 0.3) is 64.6 Å². The van der Waals surface area contributed by atoms with Gasteiger partial charge in [-0.1, -0.05) is 88.4 Å². The fourth-order valence-corrected chi connectivity index (χ4v) is 10.6.